The predicted octanol–water partition coefficient (Wildman–Crippen LogP) is 1.75. The second-order valence-corrected chi connectivity index (χ2v) is 8.42. The van der Waals surface area contributed by atoms with Gasteiger partial charge in [-0.25, -0.2) is 0 Å². The number of benzene rings is 1. The van der Waals surface area contributed by atoms with Crippen LogP contribution in [0.5, 0.6) is 0 Å². The third-order valence-electron chi connectivity index (χ3n) is 6.17. The summed E-state index contributed by atoms with van der Waals surface area (Å²) in [5, 5.41) is 6.64. The van der Waals surface area contributed by atoms with Gasteiger partial charge in [-0.15, -0.1) is 0 Å². The average Bonchev–Trinajstić information content (AvgIpc) is 3.24. The van der Waals surface area contributed by atoms with Crippen molar-refractivity contribution < 1.29 is 19.1 Å². The molecule has 150 valence electrons. The smallest absolute Gasteiger partial charge is 0.250 e. The number of carbonyl (C=O) groups is 3. The van der Waals surface area contributed by atoms with Crippen LogP contribution < -0.4 is 10.6 Å². The van der Waals surface area contributed by atoms with Gasteiger partial charge in [0.25, 0.3) is 0 Å². The normalized spacial score (nSPS) is 31.1. The summed E-state index contributed by atoms with van der Waals surface area (Å²) in [7, 11) is 1.58. The van der Waals surface area contributed by atoms with E-state index in [1.54, 1.807) is 25.3 Å². The molecule has 1 aromatic carbocycles. The number of hydrogen-bond donors (Lipinski definition) is 2. The Balaban J connectivity index is 1.81. The Labute approximate surface area is 168 Å². The maximum absolute atomic E-state index is 13.4. The number of fused-ring (bicyclic) bond motifs is 4. The molecule has 7 nitrogen and oxygen atoms in total. The van der Waals surface area contributed by atoms with E-state index in [1.165, 1.54) is 4.90 Å². The highest BCUT2D eigenvalue weighted by Crippen LogP contribution is 2.54. The van der Waals surface area contributed by atoms with Gasteiger partial charge in [0.15, 0.2) is 0 Å². The van der Waals surface area contributed by atoms with E-state index in [2.05, 4.69) is 10.6 Å². The maximum atomic E-state index is 13.4. The molecule has 1 aromatic rings. The Kier molecular flexibility index (Phi) is 4.72. The monoisotopic (exact) mass is 405 g/mol. The number of halogens is 1. The van der Waals surface area contributed by atoms with Crippen LogP contribution in [0.15, 0.2) is 18.2 Å². The minimum Gasteiger partial charge on any atom is -0.385 e. The van der Waals surface area contributed by atoms with E-state index < -0.39 is 17.4 Å². The molecular formula is C20H24ClN3O4. The molecule has 2 fully saturated rings. The largest absolute Gasteiger partial charge is 0.385 e. The quantitative estimate of drug-likeness (QED) is 0.575. The fourth-order valence-electron chi connectivity index (χ4n) is 4.95. The van der Waals surface area contributed by atoms with E-state index in [1.807, 2.05) is 13.8 Å². The molecule has 3 aliphatic rings. The first-order valence-electron chi connectivity index (χ1n) is 9.57. The van der Waals surface area contributed by atoms with Gasteiger partial charge in [0.1, 0.15) is 5.54 Å². The molecular weight excluding hydrogens is 382 g/mol. The van der Waals surface area contributed by atoms with Crippen molar-refractivity contribution in [2.75, 3.05) is 25.6 Å². The van der Waals surface area contributed by atoms with Gasteiger partial charge in [0.05, 0.1) is 22.5 Å². The van der Waals surface area contributed by atoms with Gasteiger partial charge in [-0.05, 0) is 18.4 Å². The Hall–Kier alpha value is -1.96. The van der Waals surface area contributed by atoms with Crippen LogP contribution in [0, 0.1) is 17.8 Å². The van der Waals surface area contributed by atoms with E-state index in [0.717, 1.165) is 0 Å². The number of methoxy groups -OCH3 is 1. The Bertz CT molecular complexity index is 858. The molecule has 2 N–H and O–H groups in total. The SMILES string of the molecule is COCCCN1C(=O)[C@@H]2[C@@H](C(C)C)N[C@]3(C(=O)Nc4c(Cl)cccc43)[C@@H]2C1=O. The molecule has 0 aliphatic carbocycles. The summed E-state index contributed by atoms with van der Waals surface area (Å²) in [6, 6.07) is 4.98. The number of rotatable bonds is 5. The summed E-state index contributed by atoms with van der Waals surface area (Å²) in [6.07, 6.45) is 0.564. The zero-order chi connectivity index (χ0) is 20.2. The van der Waals surface area contributed by atoms with Crippen LogP contribution >= 0.6 is 11.6 Å². The Morgan fingerprint density at radius 3 is 2.68 bits per heavy atom. The number of para-hydroxylation sites is 1. The highest BCUT2D eigenvalue weighted by Gasteiger charge is 2.70. The lowest BCUT2D eigenvalue weighted by Crippen LogP contribution is -2.54. The fraction of sp³-hybridized carbons (Fsp3) is 0.550. The van der Waals surface area contributed by atoms with E-state index >= 15 is 0 Å². The summed E-state index contributed by atoms with van der Waals surface area (Å²) >= 11 is 6.30. The number of imide groups is 1. The molecule has 0 bridgehead atoms. The number of amides is 3. The summed E-state index contributed by atoms with van der Waals surface area (Å²) < 4.78 is 5.06. The Morgan fingerprint density at radius 1 is 1.25 bits per heavy atom. The Morgan fingerprint density at radius 2 is 2.00 bits per heavy atom. The molecule has 4 atom stereocenters. The van der Waals surface area contributed by atoms with E-state index in [9.17, 15) is 14.4 Å². The van der Waals surface area contributed by atoms with Crippen molar-refractivity contribution in [3.8, 4) is 0 Å². The molecule has 3 aliphatic heterocycles. The molecule has 1 spiro atoms. The van der Waals surface area contributed by atoms with Crippen LogP contribution in [0.3, 0.4) is 0 Å². The minimum atomic E-state index is -1.28. The summed E-state index contributed by atoms with van der Waals surface area (Å²) in [4.78, 5) is 41.1. The zero-order valence-electron chi connectivity index (χ0n) is 16.1. The lowest BCUT2D eigenvalue weighted by atomic mass is 9.76. The number of nitrogens with zero attached hydrogens (tertiary/aromatic N) is 1. The van der Waals surface area contributed by atoms with Crippen LogP contribution in [0.4, 0.5) is 5.69 Å². The number of hydrogen-bond acceptors (Lipinski definition) is 5. The molecule has 0 unspecified atom stereocenters. The second kappa shape index (κ2) is 6.83. The van der Waals surface area contributed by atoms with Crippen LogP contribution in [0.25, 0.3) is 0 Å². The van der Waals surface area contributed by atoms with Gasteiger partial charge in [-0.1, -0.05) is 37.6 Å². The highest BCUT2D eigenvalue weighted by atomic mass is 35.5. The van der Waals surface area contributed by atoms with Crippen LogP contribution in [-0.2, 0) is 24.7 Å². The van der Waals surface area contributed by atoms with Crippen molar-refractivity contribution in [2.45, 2.75) is 31.8 Å². The van der Waals surface area contributed by atoms with Crippen molar-refractivity contribution in [3.63, 3.8) is 0 Å². The average molecular weight is 406 g/mol. The molecule has 8 heteroatoms. The van der Waals surface area contributed by atoms with Gasteiger partial charge in [-0.3, -0.25) is 24.6 Å². The standard InChI is InChI=1S/C20H24ClN3O4/c1-10(2)15-13-14(18(26)24(17(13)25)8-5-9-28-3)20(23-15)11-6-4-7-12(21)16(11)22-19(20)27/h4,6-7,10,13-15,23H,5,8-9H2,1-3H3,(H,22,27)/t13-,14-,15+,20-/m0/s1. The first-order chi connectivity index (χ1) is 13.3. The minimum absolute atomic E-state index is 0.0681. The van der Waals surface area contributed by atoms with Crippen LogP contribution in [0.2, 0.25) is 5.02 Å². The van der Waals surface area contributed by atoms with E-state index in [-0.39, 0.29) is 29.7 Å². The molecule has 3 amide bonds. The number of ether oxygens (including phenoxy) is 1. The van der Waals surface area contributed by atoms with E-state index in [0.29, 0.717) is 35.8 Å². The predicted molar refractivity (Wildman–Crippen MR) is 104 cm³/mol. The number of nitrogens with one attached hydrogen (secondary N) is 2. The summed E-state index contributed by atoms with van der Waals surface area (Å²) in [5.74, 6) is -2.13. The first-order valence-corrected chi connectivity index (χ1v) is 9.94. The van der Waals surface area contributed by atoms with Gasteiger partial charge in [0.2, 0.25) is 17.7 Å². The molecule has 0 aromatic heterocycles. The lowest BCUT2D eigenvalue weighted by molar-refractivity contribution is -0.143. The molecule has 4 rings (SSSR count). The highest BCUT2D eigenvalue weighted by molar-refractivity contribution is 6.35. The van der Waals surface area contributed by atoms with Gasteiger partial charge in [-0.2, -0.15) is 0 Å². The first kappa shape index (κ1) is 19.4. The van der Waals surface area contributed by atoms with Crippen molar-refractivity contribution in [2.24, 2.45) is 17.8 Å². The van der Waals surface area contributed by atoms with Gasteiger partial charge < -0.3 is 10.1 Å². The number of anilines is 1. The number of carbonyl (C=O) groups excluding carboxylic acids is 3. The molecule has 0 radical (unpaired) electrons. The zero-order valence-corrected chi connectivity index (χ0v) is 16.9. The molecule has 28 heavy (non-hydrogen) atoms. The number of likely N-dealkylation sites (tertiary alicyclic amines) is 1. The van der Waals surface area contributed by atoms with Crippen molar-refractivity contribution in [1.82, 2.24) is 10.2 Å². The van der Waals surface area contributed by atoms with Gasteiger partial charge in [0, 0.05) is 31.9 Å². The van der Waals surface area contributed by atoms with Crippen molar-refractivity contribution in [1.29, 1.82) is 0 Å². The second-order valence-electron chi connectivity index (χ2n) is 8.02. The fourth-order valence-corrected chi connectivity index (χ4v) is 5.17. The lowest BCUT2D eigenvalue weighted by Gasteiger charge is -2.30. The third kappa shape index (κ3) is 2.46. The molecule has 2 saturated heterocycles. The molecule has 0 saturated carbocycles. The maximum Gasteiger partial charge on any atom is 0.250 e. The van der Waals surface area contributed by atoms with E-state index in [4.69, 9.17) is 16.3 Å². The van der Waals surface area contributed by atoms with Crippen LogP contribution in [0.1, 0.15) is 25.8 Å². The molecule has 3 heterocycles. The topological polar surface area (TPSA) is 87.7 Å². The van der Waals surface area contributed by atoms with Crippen molar-refractivity contribution in [3.05, 3.63) is 28.8 Å². The van der Waals surface area contributed by atoms with Crippen LogP contribution in [-0.4, -0.2) is 48.9 Å². The van der Waals surface area contributed by atoms with Gasteiger partial charge >= 0.3 is 0 Å². The van der Waals surface area contributed by atoms with Crippen molar-refractivity contribution >= 4 is 35.0 Å². The summed E-state index contributed by atoms with van der Waals surface area (Å²) in [6.45, 7) is 4.74. The third-order valence-corrected chi connectivity index (χ3v) is 6.49. The summed E-state index contributed by atoms with van der Waals surface area (Å²) in [5.41, 5.74) is -0.117.